The van der Waals surface area contributed by atoms with Gasteiger partial charge < -0.3 is 9.30 Å². The molecule has 5 nitrogen and oxygen atoms in total. The van der Waals surface area contributed by atoms with Crippen LogP contribution in [0.15, 0.2) is 42.7 Å². The van der Waals surface area contributed by atoms with E-state index >= 15 is 0 Å². The van der Waals surface area contributed by atoms with Crippen molar-refractivity contribution in [2.45, 2.75) is 0 Å². The highest BCUT2D eigenvalue weighted by Gasteiger charge is 2.06. The van der Waals surface area contributed by atoms with E-state index in [1.807, 2.05) is 18.2 Å². The Bertz CT molecular complexity index is 493. The molecule has 0 aliphatic carbocycles. The van der Waals surface area contributed by atoms with Crippen molar-refractivity contribution in [3.8, 4) is 5.75 Å². The van der Waals surface area contributed by atoms with Gasteiger partial charge in [0.05, 0.1) is 0 Å². The summed E-state index contributed by atoms with van der Waals surface area (Å²) < 4.78 is 7.03. The number of para-hydroxylation sites is 1. The van der Waals surface area contributed by atoms with Crippen molar-refractivity contribution in [3.05, 3.63) is 42.7 Å². The molecular formula is C12H13N3O2. The number of aromatic nitrogens is 2. The number of carbonyl (C=O) groups is 1. The Hall–Kier alpha value is -2.30. The number of hydrogen-bond donors (Lipinski definition) is 1. The van der Waals surface area contributed by atoms with Crippen molar-refractivity contribution in [3.63, 3.8) is 0 Å². The fraction of sp³-hybridized carbons (Fsp3) is 0.167. The molecule has 1 aromatic carbocycles. The summed E-state index contributed by atoms with van der Waals surface area (Å²) in [7, 11) is 1.81. The summed E-state index contributed by atoms with van der Waals surface area (Å²) in [5.41, 5.74) is 0. The topological polar surface area (TPSA) is 56.2 Å². The van der Waals surface area contributed by atoms with E-state index in [1.54, 1.807) is 36.1 Å². The van der Waals surface area contributed by atoms with E-state index in [2.05, 4.69) is 10.3 Å². The number of ether oxygens (including phenoxy) is 1. The molecule has 2 aromatic rings. The minimum absolute atomic E-state index is 0.0309. The van der Waals surface area contributed by atoms with Crippen LogP contribution in [-0.4, -0.2) is 22.1 Å². The largest absolute Gasteiger partial charge is 0.484 e. The predicted octanol–water partition coefficient (Wildman–Crippen LogP) is 1.44. The highest BCUT2D eigenvalue weighted by atomic mass is 16.5. The predicted molar refractivity (Wildman–Crippen MR) is 63.8 cm³/mol. The lowest BCUT2D eigenvalue weighted by Crippen LogP contribution is -2.21. The third-order valence-electron chi connectivity index (χ3n) is 2.19. The van der Waals surface area contributed by atoms with Crippen LogP contribution in [0.1, 0.15) is 0 Å². The number of nitrogens with zero attached hydrogens (tertiary/aromatic N) is 2. The second-order valence-electron chi connectivity index (χ2n) is 3.51. The maximum absolute atomic E-state index is 11.5. The first-order valence-corrected chi connectivity index (χ1v) is 5.21. The van der Waals surface area contributed by atoms with Crippen LogP contribution in [0.25, 0.3) is 0 Å². The average molecular weight is 231 g/mol. The van der Waals surface area contributed by atoms with E-state index in [9.17, 15) is 4.79 Å². The number of imidazole rings is 1. The van der Waals surface area contributed by atoms with E-state index in [1.165, 1.54) is 0 Å². The van der Waals surface area contributed by atoms with Crippen LogP contribution in [0.5, 0.6) is 5.75 Å². The zero-order valence-corrected chi connectivity index (χ0v) is 9.46. The molecule has 0 unspecified atom stereocenters. The van der Waals surface area contributed by atoms with Crippen LogP contribution >= 0.6 is 0 Å². The standard InChI is InChI=1S/C12H13N3O2/c1-15-8-7-13-12(15)14-11(16)9-17-10-5-3-2-4-6-10/h2-8H,9H2,1H3,(H,13,14,16). The summed E-state index contributed by atoms with van der Waals surface area (Å²) in [6.45, 7) is -0.0309. The molecule has 0 saturated heterocycles. The fourth-order valence-corrected chi connectivity index (χ4v) is 1.31. The Morgan fingerprint density at radius 1 is 1.41 bits per heavy atom. The highest BCUT2D eigenvalue weighted by Crippen LogP contribution is 2.08. The highest BCUT2D eigenvalue weighted by molar-refractivity contribution is 5.90. The minimum atomic E-state index is -0.233. The summed E-state index contributed by atoms with van der Waals surface area (Å²) in [6, 6.07) is 9.20. The van der Waals surface area contributed by atoms with Gasteiger partial charge in [-0.15, -0.1) is 0 Å². The molecule has 1 N–H and O–H groups in total. The zero-order chi connectivity index (χ0) is 12.1. The van der Waals surface area contributed by atoms with Crippen LogP contribution in [0, 0.1) is 0 Å². The number of anilines is 1. The van der Waals surface area contributed by atoms with Crippen molar-refractivity contribution >= 4 is 11.9 Å². The fourth-order valence-electron chi connectivity index (χ4n) is 1.31. The van der Waals surface area contributed by atoms with Gasteiger partial charge in [0.1, 0.15) is 5.75 Å². The van der Waals surface area contributed by atoms with Gasteiger partial charge in [-0.25, -0.2) is 4.98 Å². The summed E-state index contributed by atoms with van der Waals surface area (Å²) >= 11 is 0. The maximum Gasteiger partial charge on any atom is 0.264 e. The first-order valence-electron chi connectivity index (χ1n) is 5.21. The van der Waals surface area contributed by atoms with Gasteiger partial charge in [-0.1, -0.05) is 18.2 Å². The van der Waals surface area contributed by atoms with Gasteiger partial charge in [0.2, 0.25) is 5.95 Å². The Kier molecular flexibility index (Phi) is 3.40. The van der Waals surface area contributed by atoms with E-state index < -0.39 is 0 Å². The second-order valence-corrected chi connectivity index (χ2v) is 3.51. The Labute approximate surface area is 99.0 Å². The molecule has 0 bridgehead atoms. The zero-order valence-electron chi connectivity index (χ0n) is 9.46. The third-order valence-corrected chi connectivity index (χ3v) is 2.19. The second kappa shape index (κ2) is 5.16. The lowest BCUT2D eigenvalue weighted by Gasteiger charge is -2.06. The first kappa shape index (κ1) is 11.2. The Balaban J connectivity index is 1.85. The molecule has 0 atom stereocenters. The molecule has 0 aliphatic rings. The molecule has 17 heavy (non-hydrogen) atoms. The number of aryl methyl sites for hydroxylation is 1. The first-order chi connectivity index (χ1) is 8.25. The smallest absolute Gasteiger partial charge is 0.264 e. The lowest BCUT2D eigenvalue weighted by molar-refractivity contribution is -0.118. The van der Waals surface area contributed by atoms with Crippen molar-refractivity contribution < 1.29 is 9.53 Å². The van der Waals surface area contributed by atoms with Gasteiger partial charge in [-0.2, -0.15) is 0 Å². The van der Waals surface area contributed by atoms with Gasteiger partial charge in [0.25, 0.3) is 5.91 Å². The van der Waals surface area contributed by atoms with Gasteiger partial charge >= 0.3 is 0 Å². The van der Waals surface area contributed by atoms with Crippen LogP contribution in [0.3, 0.4) is 0 Å². The van der Waals surface area contributed by atoms with Gasteiger partial charge in [0, 0.05) is 19.4 Å². The lowest BCUT2D eigenvalue weighted by atomic mass is 10.3. The maximum atomic E-state index is 11.5. The molecule has 2 rings (SSSR count). The number of amides is 1. The molecule has 0 spiro atoms. The third kappa shape index (κ3) is 3.07. The number of benzene rings is 1. The minimum Gasteiger partial charge on any atom is -0.484 e. The summed E-state index contributed by atoms with van der Waals surface area (Å²) in [6.07, 6.45) is 3.38. The van der Waals surface area contributed by atoms with E-state index in [0.717, 1.165) is 0 Å². The summed E-state index contributed by atoms with van der Waals surface area (Å²) in [4.78, 5) is 15.5. The van der Waals surface area contributed by atoms with Crippen LogP contribution in [0.4, 0.5) is 5.95 Å². The Morgan fingerprint density at radius 2 is 2.18 bits per heavy atom. The van der Waals surface area contributed by atoms with Gasteiger partial charge in [-0.3, -0.25) is 10.1 Å². The number of nitrogens with one attached hydrogen (secondary N) is 1. The summed E-state index contributed by atoms with van der Waals surface area (Å²) in [5, 5.41) is 2.65. The van der Waals surface area contributed by atoms with Gasteiger partial charge in [0.15, 0.2) is 6.61 Å². The quantitative estimate of drug-likeness (QED) is 0.866. The SMILES string of the molecule is Cn1ccnc1NC(=O)COc1ccccc1. The molecular weight excluding hydrogens is 218 g/mol. The van der Waals surface area contributed by atoms with Crippen molar-refractivity contribution in [2.24, 2.45) is 7.05 Å². The van der Waals surface area contributed by atoms with E-state index in [0.29, 0.717) is 11.7 Å². The molecule has 5 heteroatoms. The normalized spacial score (nSPS) is 9.94. The summed E-state index contributed by atoms with van der Waals surface area (Å²) in [5.74, 6) is 0.942. The van der Waals surface area contributed by atoms with Crippen molar-refractivity contribution in [2.75, 3.05) is 11.9 Å². The molecule has 1 aromatic heterocycles. The van der Waals surface area contributed by atoms with E-state index in [-0.39, 0.29) is 12.5 Å². The molecule has 0 radical (unpaired) electrons. The monoisotopic (exact) mass is 231 g/mol. The molecule has 0 fully saturated rings. The van der Waals surface area contributed by atoms with Crippen molar-refractivity contribution in [1.29, 1.82) is 0 Å². The molecule has 88 valence electrons. The van der Waals surface area contributed by atoms with Crippen LogP contribution in [-0.2, 0) is 11.8 Å². The molecule has 0 aliphatic heterocycles. The molecule has 1 heterocycles. The number of hydrogen-bond acceptors (Lipinski definition) is 3. The Morgan fingerprint density at radius 3 is 2.82 bits per heavy atom. The molecule has 0 saturated carbocycles. The van der Waals surface area contributed by atoms with Crippen molar-refractivity contribution in [1.82, 2.24) is 9.55 Å². The van der Waals surface area contributed by atoms with Gasteiger partial charge in [-0.05, 0) is 12.1 Å². The van der Waals surface area contributed by atoms with Crippen LogP contribution in [0.2, 0.25) is 0 Å². The van der Waals surface area contributed by atoms with E-state index in [4.69, 9.17) is 4.74 Å². The number of rotatable bonds is 4. The number of carbonyl (C=O) groups excluding carboxylic acids is 1. The molecule has 1 amide bonds. The van der Waals surface area contributed by atoms with Crippen LogP contribution < -0.4 is 10.1 Å². The average Bonchev–Trinajstić information content (AvgIpc) is 2.74.